The highest BCUT2D eigenvalue weighted by atomic mass is 79.9. The number of ketones is 2. The lowest BCUT2D eigenvalue weighted by atomic mass is 9.78. The predicted octanol–water partition coefficient (Wildman–Crippen LogP) is 8.91. The first-order valence-corrected chi connectivity index (χ1v) is 29.1. The molecule has 6 N–H and O–H groups in total. The zero-order valence-corrected chi connectivity index (χ0v) is 50.6. The number of nitrogens with two attached hydrogens (primary N) is 1. The molecule has 444 valence electrons. The molecule has 81 heavy (non-hydrogen) atoms. The van der Waals surface area contributed by atoms with Gasteiger partial charge in [0.25, 0.3) is 0 Å². The highest BCUT2D eigenvalue weighted by molar-refractivity contribution is 9.09. The number of aryl methyl sites for hydroxylation is 1. The van der Waals surface area contributed by atoms with E-state index in [1.165, 1.54) is 24.1 Å². The highest BCUT2D eigenvalue weighted by Crippen LogP contribution is 2.50. The molecule has 2 aromatic carbocycles. The van der Waals surface area contributed by atoms with Crippen molar-refractivity contribution in [2.45, 2.75) is 160 Å². The van der Waals surface area contributed by atoms with E-state index in [2.05, 4.69) is 38.5 Å². The molecule has 5 rings (SSSR count). The summed E-state index contributed by atoms with van der Waals surface area (Å²) in [4.78, 5) is 107. The standard InChI is InChI=1S/C59H78BrCl2N5O14/c1-33(2)41(28-40(68)16-11-10-12-22-78-55(73)36(5)32-60)54(72)65-44(17-14-21-64-56(63)74)46(69)27-38-19-20-43(42(61)25-38)66-57(75)80-49-29-50(70)67(8)45-26-39(24-35(4)52(45)62)23-34(3)15-13-18-48(77-9)59(76)30-47(79-51(71)31-59)37(6)53-58(49,7)81-53/h13,15,18-20,24-26,33,37,41,44,47-49,53,76H,5,10-12,14,16-17,21-23,27-32H2,1-4,6-9H3,(H,65,72)(H,66,75)(H3,63,64,74)/b18-13+,34-15+/t37-,41+,44+,47+,48-,49+,53+,58+,59-/m1/s1. The number of Topliss-reactive ketones (excluding diaryl/α,β-unsaturated/α-hetero) is 2. The number of esters is 2. The van der Waals surface area contributed by atoms with Crippen LogP contribution in [0.2, 0.25) is 10.0 Å². The summed E-state index contributed by atoms with van der Waals surface area (Å²) in [5.74, 6) is -4.11. The van der Waals surface area contributed by atoms with Crippen LogP contribution >= 0.6 is 39.1 Å². The van der Waals surface area contributed by atoms with Crippen LogP contribution in [0.15, 0.2) is 66.3 Å². The number of carbonyl (C=O) groups is 8. The Balaban J connectivity index is 1.31. The number of carbonyl (C=O) groups excluding carboxylic acids is 8. The van der Waals surface area contributed by atoms with Gasteiger partial charge in [0.05, 0.1) is 53.0 Å². The number of halogens is 3. The van der Waals surface area contributed by atoms with Crippen molar-refractivity contribution in [3.63, 3.8) is 0 Å². The van der Waals surface area contributed by atoms with E-state index >= 15 is 0 Å². The summed E-state index contributed by atoms with van der Waals surface area (Å²) in [5.41, 5.74) is 6.18. The molecular formula is C59H78BrCl2N5O14. The fraction of sp³-hybridized carbons (Fsp3) is 0.559. The minimum absolute atomic E-state index is 0.00447. The van der Waals surface area contributed by atoms with E-state index in [9.17, 15) is 43.5 Å². The summed E-state index contributed by atoms with van der Waals surface area (Å²) in [6.45, 7) is 14.9. The molecule has 3 heterocycles. The van der Waals surface area contributed by atoms with Gasteiger partial charge < -0.3 is 50.1 Å². The molecule has 0 radical (unpaired) electrons. The molecule has 5 amide bonds. The van der Waals surface area contributed by atoms with Crippen LogP contribution in [-0.2, 0) is 65.3 Å². The number of amides is 5. The predicted molar refractivity (Wildman–Crippen MR) is 311 cm³/mol. The summed E-state index contributed by atoms with van der Waals surface area (Å²) < 4.78 is 29.2. The molecule has 0 unspecified atom stereocenters. The number of nitrogens with one attached hydrogen (secondary N) is 3. The zero-order valence-electron chi connectivity index (χ0n) is 47.5. The average molecular weight is 1230 g/mol. The lowest BCUT2D eigenvalue weighted by Gasteiger charge is -2.41. The van der Waals surface area contributed by atoms with Gasteiger partial charge in [-0.25, -0.2) is 14.4 Å². The second kappa shape index (κ2) is 30.1. The van der Waals surface area contributed by atoms with Crippen LogP contribution in [0.5, 0.6) is 0 Å². The molecule has 0 aliphatic carbocycles. The number of fused-ring (bicyclic) bond motifs is 5. The van der Waals surface area contributed by atoms with E-state index in [4.69, 9.17) is 52.6 Å². The Bertz CT molecular complexity index is 2740. The molecule has 2 saturated heterocycles. The Morgan fingerprint density at radius 1 is 1.05 bits per heavy atom. The Morgan fingerprint density at radius 2 is 1.78 bits per heavy atom. The molecule has 0 aromatic heterocycles. The number of nitrogens with zero attached hydrogens (tertiary/aromatic N) is 1. The smallest absolute Gasteiger partial charge is 0.412 e. The number of anilines is 2. The lowest BCUT2D eigenvalue weighted by molar-refractivity contribution is -0.187. The van der Waals surface area contributed by atoms with E-state index < -0.39 is 89.4 Å². The number of primary amides is 1. The summed E-state index contributed by atoms with van der Waals surface area (Å²) in [6.07, 6.45) is 2.62. The van der Waals surface area contributed by atoms with E-state index in [1.54, 1.807) is 39.1 Å². The molecular weight excluding hydrogens is 1150 g/mol. The fourth-order valence-electron chi connectivity index (χ4n) is 10.3. The van der Waals surface area contributed by atoms with E-state index in [0.29, 0.717) is 52.9 Å². The molecule has 0 spiro atoms. The fourth-order valence-corrected chi connectivity index (χ4v) is 11.0. The molecule has 0 saturated carbocycles. The number of hydrogen-bond acceptors (Lipinski definition) is 14. The van der Waals surface area contributed by atoms with Crippen LogP contribution in [0, 0.1) is 24.7 Å². The van der Waals surface area contributed by atoms with Crippen LogP contribution in [0.4, 0.5) is 21.0 Å². The van der Waals surface area contributed by atoms with Crippen molar-refractivity contribution in [3.05, 3.63) is 93.0 Å². The molecule has 3 aliphatic heterocycles. The van der Waals surface area contributed by atoms with Crippen molar-refractivity contribution < 1.29 is 67.1 Å². The van der Waals surface area contributed by atoms with E-state index in [0.717, 1.165) is 16.7 Å². The Labute approximate surface area is 492 Å². The number of methoxy groups -OCH3 is 1. The number of epoxide rings is 1. The first-order valence-electron chi connectivity index (χ1n) is 27.3. The third kappa shape index (κ3) is 18.7. The van der Waals surface area contributed by atoms with Crippen molar-refractivity contribution in [2.75, 3.05) is 42.9 Å². The highest BCUT2D eigenvalue weighted by Gasteiger charge is 2.64. The summed E-state index contributed by atoms with van der Waals surface area (Å²) in [7, 11) is 3.03. The van der Waals surface area contributed by atoms with Gasteiger partial charge in [-0.2, -0.15) is 0 Å². The second-order valence-corrected chi connectivity index (χ2v) is 23.3. The number of rotatable bonds is 23. The molecule has 19 nitrogen and oxygen atoms in total. The third-order valence-corrected chi connectivity index (χ3v) is 16.6. The van der Waals surface area contributed by atoms with Crippen molar-refractivity contribution in [1.29, 1.82) is 0 Å². The Hall–Kier alpha value is -5.64. The normalized spacial score (nSPS) is 24.7. The quantitative estimate of drug-likeness (QED) is 0.0174. The molecule has 2 aromatic rings. The van der Waals surface area contributed by atoms with Gasteiger partial charge in [-0.15, -0.1) is 0 Å². The Morgan fingerprint density at radius 3 is 2.44 bits per heavy atom. The third-order valence-electron chi connectivity index (χ3n) is 15.1. The van der Waals surface area contributed by atoms with Gasteiger partial charge in [0.2, 0.25) is 11.8 Å². The van der Waals surface area contributed by atoms with Gasteiger partial charge in [0, 0.05) is 69.1 Å². The van der Waals surface area contributed by atoms with Crippen molar-refractivity contribution in [1.82, 2.24) is 10.6 Å². The number of benzene rings is 2. The maximum absolute atomic E-state index is 14.4. The van der Waals surface area contributed by atoms with Crippen LogP contribution < -0.4 is 26.6 Å². The van der Waals surface area contributed by atoms with E-state index in [1.807, 2.05) is 45.9 Å². The number of alkyl halides is 1. The maximum Gasteiger partial charge on any atom is 0.412 e. The summed E-state index contributed by atoms with van der Waals surface area (Å²) in [6, 6.07) is 6.52. The average Bonchev–Trinajstić information content (AvgIpc) is 4.12. The van der Waals surface area contributed by atoms with Crippen LogP contribution in [0.3, 0.4) is 0 Å². The van der Waals surface area contributed by atoms with Gasteiger partial charge in [-0.1, -0.05) is 102 Å². The monoisotopic (exact) mass is 1230 g/mol. The first kappa shape index (κ1) is 66.2. The summed E-state index contributed by atoms with van der Waals surface area (Å²) in [5, 5.41) is 20.7. The zero-order chi connectivity index (χ0) is 59.9. The minimum atomic E-state index is -1.63. The van der Waals surface area contributed by atoms with Gasteiger partial charge >= 0.3 is 24.1 Å². The number of hydrogen-bond donors (Lipinski definition) is 5. The molecule has 2 fully saturated rings. The van der Waals surface area contributed by atoms with Crippen molar-refractivity contribution in [2.24, 2.45) is 23.5 Å². The molecule has 3 aliphatic rings. The largest absolute Gasteiger partial charge is 0.462 e. The molecule has 22 heteroatoms. The first-order chi connectivity index (χ1) is 38.2. The second-order valence-electron chi connectivity index (χ2n) is 22.0. The number of ether oxygens (including phenoxy) is 5. The van der Waals surface area contributed by atoms with Crippen LogP contribution in [-0.4, -0.2) is 127 Å². The number of allylic oxidation sites excluding steroid dienone is 3. The van der Waals surface area contributed by atoms with Crippen molar-refractivity contribution >= 4 is 98.0 Å². The number of aliphatic hydroxyl groups is 1. The van der Waals surface area contributed by atoms with Crippen LogP contribution in [0.25, 0.3) is 0 Å². The molecule has 9 atom stereocenters. The van der Waals surface area contributed by atoms with E-state index in [-0.39, 0.29) is 92.7 Å². The maximum atomic E-state index is 14.4. The topological polar surface area (TPSA) is 272 Å². The van der Waals surface area contributed by atoms with Gasteiger partial charge in [0.15, 0.2) is 5.78 Å². The Kier molecular flexibility index (Phi) is 24.6. The van der Waals surface area contributed by atoms with Crippen LogP contribution in [0.1, 0.15) is 116 Å². The number of urea groups is 1. The summed E-state index contributed by atoms with van der Waals surface area (Å²) >= 11 is 16.8. The number of unbranched alkanes of at least 4 members (excludes halogenated alkanes) is 2. The van der Waals surface area contributed by atoms with Gasteiger partial charge in [-0.3, -0.25) is 29.3 Å². The van der Waals surface area contributed by atoms with Crippen molar-refractivity contribution in [3.8, 4) is 0 Å². The van der Waals surface area contributed by atoms with Gasteiger partial charge in [-0.05, 0) is 100 Å². The van der Waals surface area contributed by atoms with Gasteiger partial charge in [0.1, 0.15) is 35.3 Å². The lowest BCUT2D eigenvalue weighted by Crippen LogP contribution is -2.53. The minimum Gasteiger partial charge on any atom is -0.462 e. The molecule has 4 bridgehead atoms. The SMILES string of the molecule is C=C(CBr)C(=O)OCCCCCC(=O)C[C@H](C(=O)N[C@@H](CCCNC(N)=O)C(=O)Cc1ccc(NC(=O)O[C@H]2CC(=O)N(C)c3cc(cc(C)c3Cl)C/C(C)=C/C=C/[C@@H](OC)[C@]3(O)CC(=O)O[C@@H](C3)[C@@H](C)[C@@H]3O[C@@]23C)c(Cl)c1)C(C)C.